The van der Waals surface area contributed by atoms with Crippen LogP contribution >= 0.6 is 0 Å². The number of carbonyl (C=O) groups excluding carboxylic acids is 1. The number of carbonyl (C=O) groups is 1. The lowest BCUT2D eigenvalue weighted by Gasteiger charge is -2.22. The number of hydrogen-bond acceptors (Lipinski definition) is 2. The lowest BCUT2D eigenvalue weighted by molar-refractivity contribution is -0.117. The van der Waals surface area contributed by atoms with Gasteiger partial charge in [0.1, 0.15) is 6.29 Å². The normalized spacial score (nSPS) is 26.8. The van der Waals surface area contributed by atoms with Crippen molar-refractivity contribution in [1.82, 2.24) is 0 Å². The van der Waals surface area contributed by atoms with Crippen LogP contribution < -0.4 is 0 Å². The lowest BCUT2D eigenvalue weighted by atomic mass is 9.80. The van der Waals surface area contributed by atoms with Crippen LogP contribution in [-0.4, -0.2) is 19.5 Å². The average Bonchev–Trinajstić information content (AvgIpc) is 2.38. The molecule has 0 aromatic heterocycles. The fourth-order valence-corrected chi connectivity index (χ4v) is 1.22. The molecule has 1 heterocycles. The van der Waals surface area contributed by atoms with E-state index in [0.29, 0.717) is 5.92 Å². The zero-order valence-electron chi connectivity index (χ0n) is 6.59. The van der Waals surface area contributed by atoms with Crippen LogP contribution in [0, 0.1) is 11.3 Å². The van der Waals surface area contributed by atoms with Crippen LogP contribution in [-0.2, 0) is 9.53 Å². The molecule has 0 amide bonds. The molecule has 0 N–H and O–H groups in total. The van der Waals surface area contributed by atoms with E-state index >= 15 is 0 Å². The van der Waals surface area contributed by atoms with Crippen molar-refractivity contribution in [1.29, 1.82) is 0 Å². The Morgan fingerprint density at radius 1 is 1.60 bits per heavy atom. The summed E-state index contributed by atoms with van der Waals surface area (Å²) >= 11 is 0. The number of hydrogen-bond donors (Lipinski definition) is 0. The Morgan fingerprint density at radius 2 is 2.30 bits per heavy atom. The van der Waals surface area contributed by atoms with Gasteiger partial charge >= 0.3 is 0 Å². The summed E-state index contributed by atoms with van der Waals surface area (Å²) in [7, 11) is 0. The minimum atomic E-state index is -0.184. The lowest BCUT2D eigenvalue weighted by Crippen LogP contribution is -2.25. The molecule has 0 unspecified atom stereocenters. The number of ether oxygens (including phenoxy) is 1. The first kappa shape index (κ1) is 7.73. The molecule has 10 heavy (non-hydrogen) atoms. The standard InChI is InChI=1S/C8H14O2/c1-8(2,6-9)7-3-4-10-5-7/h6-7H,3-5H2,1-2H3/t7-/m1/s1. The molecule has 0 radical (unpaired) electrons. The van der Waals surface area contributed by atoms with Crippen LogP contribution in [0.2, 0.25) is 0 Å². The highest BCUT2D eigenvalue weighted by atomic mass is 16.5. The van der Waals surface area contributed by atoms with E-state index in [4.69, 9.17) is 4.74 Å². The van der Waals surface area contributed by atoms with Gasteiger partial charge in [-0.25, -0.2) is 0 Å². The van der Waals surface area contributed by atoms with Crippen molar-refractivity contribution in [2.24, 2.45) is 11.3 Å². The van der Waals surface area contributed by atoms with Gasteiger partial charge in [0, 0.05) is 12.0 Å². The van der Waals surface area contributed by atoms with Crippen LogP contribution in [0.4, 0.5) is 0 Å². The summed E-state index contributed by atoms with van der Waals surface area (Å²) in [6, 6.07) is 0. The van der Waals surface area contributed by atoms with Crippen LogP contribution in [0.3, 0.4) is 0 Å². The summed E-state index contributed by atoms with van der Waals surface area (Å²) in [4.78, 5) is 10.6. The molecule has 1 fully saturated rings. The quantitative estimate of drug-likeness (QED) is 0.542. The Hall–Kier alpha value is -0.370. The molecule has 2 heteroatoms. The molecule has 58 valence electrons. The second-order valence-electron chi connectivity index (χ2n) is 3.50. The molecule has 0 aliphatic carbocycles. The minimum absolute atomic E-state index is 0.184. The van der Waals surface area contributed by atoms with Gasteiger partial charge in [-0.2, -0.15) is 0 Å². The second kappa shape index (κ2) is 2.70. The van der Waals surface area contributed by atoms with Crippen LogP contribution in [0.25, 0.3) is 0 Å². The topological polar surface area (TPSA) is 26.3 Å². The summed E-state index contributed by atoms with van der Waals surface area (Å²) in [6.07, 6.45) is 2.07. The zero-order valence-corrected chi connectivity index (χ0v) is 6.59. The van der Waals surface area contributed by atoms with Crippen molar-refractivity contribution in [3.05, 3.63) is 0 Å². The molecular weight excluding hydrogens is 128 g/mol. The fourth-order valence-electron chi connectivity index (χ4n) is 1.22. The number of aldehydes is 1. The molecule has 2 nitrogen and oxygen atoms in total. The third-order valence-electron chi connectivity index (χ3n) is 2.29. The van der Waals surface area contributed by atoms with Crippen molar-refractivity contribution in [2.75, 3.05) is 13.2 Å². The summed E-state index contributed by atoms with van der Waals surface area (Å²) in [6.45, 7) is 5.52. The van der Waals surface area contributed by atoms with Gasteiger partial charge in [-0.05, 0) is 12.3 Å². The Morgan fingerprint density at radius 3 is 2.70 bits per heavy atom. The first-order chi connectivity index (χ1) is 4.67. The molecule has 0 aromatic carbocycles. The Labute approximate surface area is 61.6 Å². The van der Waals surface area contributed by atoms with Crippen LogP contribution in [0.1, 0.15) is 20.3 Å². The van der Waals surface area contributed by atoms with Crippen molar-refractivity contribution in [3.8, 4) is 0 Å². The Kier molecular flexibility index (Phi) is 2.09. The van der Waals surface area contributed by atoms with Crippen LogP contribution in [0.5, 0.6) is 0 Å². The third-order valence-corrected chi connectivity index (χ3v) is 2.29. The van der Waals surface area contributed by atoms with Gasteiger partial charge in [-0.15, -0.1) is 0 Å². The van der Waals surface area contributed by atoms with E-state index in [2.05, 4.69) is 0 Å². The highest BCUT2D eigenvalue weighted by molar-refractivity contribution is 5.58. The summed E-state index contributed by atoms with van der Waals surface area (Å²) in [5, 5.41) is 0. The molecule has 1 saturated heterocycles. The maximum absolute atomic E-state index is 10.6. The van der Waals surface area contributed by atoms with E-state index in [1.807, 2.05) is 13.8 Å². The van der Waals surface area contributed by atoms with E-state index in [1.54, 1.807) is 0 Å². The maximum atomic E-state index is 10.6. The smallest absolute Gasteiger partial charge is 0.125 e. The Balaban J connectivity index is 2.53. The largest absolute Gasteiger partial charge is 0.381 e. The predicted molar refractivity (Wildman–Crippen MR) is 38.8 cm³/mol. The van der Waals surface area contributed by atoms with Crippen molar-refractivity contribution >= 4 is 6.29 Å². The van der Waals surface area contributed by atoms with Gasteiger partial charge in [0.15, 0.2) is 0 Å². The summed E-state index contributed by atoms with van der Waals surface area (Å²) < 4.78 is 5.19. The average molecular weight is 142 g/mol. The van der Waals surface area contributed by atoms with Gasteiger partial charge in [0.05, 0.1) is 6.61 Å². The van der Waals surface area contributed by atoms with Gasteiger partial charge < -0.3 is 9.53 Å². The van der Waals surface area contributed by atoms with Gasteiger partial charge in [0.25, 0.3) is 0 Å². The first-order valence-electron chi connectivity index (χ1n) is 3.71. The zero-order chi connectivity index (χ0) is 7.61. The number of rotatable bonds is 2. The molecule has 1 atom stereocenters. The molecule has 0 aromatic rings. The van der Waals surface area contributed by atoms with Gasteiger partial charge in [-0.1, -0.05) is 13.8 Å². The molecule has 1 aliphatic heterocycles. The molecule has 1 rings (SSSR count). The highest BCUT2D eigenvalue weighted by Crippen LogP contribution is 2.30. The van der Waals surface area contributed by atoms with E-state index < -0.39 is 0 Å². The summed E-state index contributed by atoms with van der Waals surface area (Å²) in [5.41, 5.74) is -0.184. The van der Waals surface area contributed by atoms with Crippen molar-refractivity contribution in [2.45, 2.75) is 20.3 Å². The van der Waals surface area contributed by atoms with E-state index in [9.17, 15) is 4.79 Å². The van der Waals surface area contributed by atoms with E-state index in [-0.39, 0.29) is 5.41 Å². The summed E-state index contributed by atoms with van der Waals surface area (Å²) in [5.74, 6) is 0.435. The molecule has 0 bridgehead atoms. The Bertz CT molecular complexity index is 123. The van der Waals surface area contributed by atoms with Gasteiger partial charge in [-0.3, -0.25) is 0 Å². The fraction of sp³-hybridized carbons (Fsp3) is 0.875. The highest BCUT2D eigenvalue weighted by Gasteiger charge is 2.31. The minimum Gasteiger partial charge on any atom is -0.381 e. The second-order valence-corrected chi connectivity index (χ2v) is 3.50. The SMILES string of the molecule is CC(C)(C=O)[C@@H]1CCOC1. The first-order valence-corrected chi connectivity index (χ1v) is 3.71. The van der Waals surface area contributed by atoms with Crippen molar-refractivity contribution in [3.63, 3.8) is 0 Å². The third kappa shape index (κ3) is 1.37. The molecule has 1 aliphatic rings. The maximum Gasteiger partial charge on any atom is 0.125 e. The van der Waals surface area contributed by atoms with Crippen LogP contribution in [0.15, 0.2) is 0 Å². The van der Waals surface area contributed by atoms with Gasteiger partial charge in [0.2, 0.25) is 0 Å². The molecule has 0 saturated carbocycles. The predicted octanol–water partition coefficient (Wildman–Crippen LogP) is 1.25. The molecular formula is C8H14O2. The molecule has 0 spiro atoms. The monoisotopic (exact) mass is 142 g/mol. The van der Waals surface area contributed by atoms with E-state index in [0.717, 1.165) is 25.9 Å². The van der Waals surface area contributed by atoms with E-state index in [1.165, 1.54) is 0 Å². The van der Waals surface area contributed by atoms with Crippen molar-refractivity contribution < 1.29 is 9.53 Å².